The molecule has 0 aromatic carbocycles. The minimum Gasteiger partial charge on any atom is -0.748 e. The van der Waals surface area contributed by atoms with E-state index in [0.29, 0.717) is 45.1 Å². The van der Waals surface area contributed by atoms with Crippen LogP contribution in [0.25, 0.3) is 0 Å². The zero-order chi connectivity index (χ0) is 39.2. The topological polar surface area (TPSA) is 164 Å². The van der Waals surface area contributed by atoms with E-state index in [1.807, 2.05) is 11.6 Å². The predicted octanol–water partition coefficient (Wildman–Crippen LogP) is 7.86. The van der Waals surface area contributed by atoms with Gasteiger partial charge in [-0.2, -0.15) is 4.57 Å². The van der Waals surface area contributed by atoms with Gasteiger partial charge in [0.15, 0.2) is 12.4 Å². The van der Waals surface area contributed by atoms with E-state index in [4.69, 9.17) is 31.9 Å². The summed E-state index contributed by atoms with van der Waals surface area (Å²) in [5, 5.41) is 4.90. The van der Waals surface area contributed by atoms with E-state index in [2.05, 4.69) is 22.3 Å². The van der Waals surface area contributed by atoms with Crippen molar-refractivity contribution < 1.29 is 50.9 Å². The molecule has 308 valence electrons. The first-order valence-electron chi connectivity index (χ1n) is 19.9. The fourth-order valence-corrected chi connectivity index (χ4v) is 6.93. The zero-order valence-electron chi connectivity index (χ0n) is 32.9. The number of nitrogens with one attached hydrogen (secondary N) is 1. The standard InChI is InChI=1S/C37H65N3O7S.CH4O3S/c1-4-6-7-8-9-10-11-12-13-14-15-16-17-18-21-26-38-36(42)47-33-25-23-29-46-34(33)40(37(43)44-3)32(35(41)45-5-2)24-20-19-22-27-39-28-30-48-31-39;1-5(2,3)4/h28,30-34H,4-27,29H2,1-3H3;1H3,(H,2,3,4)/t32?,33-,34-;/m1./s1. The second kappa shape index (κ2) is 30.8. The highest BCUT2D eigenvalue weighted by atomic mass is 32.2. The van der Waals surface area contributed by atoms with Crippen LogP contribution in [0.5, 0.6) is 0 Å². The number of thiazole rings is 1. The van der Waals surface area contributed by atoms with Gasteiger partial charge in [-0.15, -0.1) is 0 Å². The van der Waals surface area contributed by atoms with Crippen molar-refractivity contribution in [3.63, 3.8) is 0 Å². The van der Waals surface area contributed by atoms with Crippen molar-refractivity contribution in [2.24, 2.45) is 0 Å². The van der Waals surface area contributed by atoms with Crippen LogP contribution in [0.4, 0.5) is 9.59 Å². The molecule has 1 saturated heterocycles. The number of unbranched alkanes of at least 4 members (excludes halogenated alkanes) is 16. The summed E-state index contributed by atoms with van der Waals surface area (Å²) >= 11 is 1.65. The number of nitrogens with zero attached hydrogens (tertiary/aromatic N) is 2. The Labute approximate surface area is 323 Å². The average Bonchev–Trinajstić information content (AvgIpc) is 3.64. The molecule has 2 amide bonds. The third-order valence-corrected chi connectivity index (χ3v) is 9.69. The summed E-state index contributed by atoms with van der Waals surface area (Å²) in [6, 6.07) is -0.913. The van der Waals surface area contributed by atoms with Crippen LogP contribution in [0.1, 0.15) is 149 Å². The van der Waals surface area contributed by atoms with E-state index in [1.165, 1.54) is 95.5 Å². The number of rotatable bonds is 27. The van der Waals surface area contributed by atoms with Gasteiger partial charge in [0.25, 0.3) is 0 Å². The molecule has 2 rings (SSSR count). The Morgan fingerprint density at radius 3 is 2.02 bits per heavy atom. The molecule has 0 bridgehead atoms. The van der Waals surface area contributed by atoms with Gasteiger partial charge in [-0.25, -0.2) is 22.8 Å². The van der Waals surface area contributed by atoms with Crippen molar-refractivity contribution in [2.45, 2.75) is 174 Å². The Morgan fingerprint density at radius 2 is 1.49 bits per heavy atom. The minimum absolute atomic E-state index is 0.187. The van der Waals surface area contributed by atoms with E-state index >= 15 is 0 Å². The second-order valence-corrected chi connectivity index (χ2v) is 15.9. The molecule has 3 atom stereocenters. The number of aromatic nitrogens is 1. The van der Waals surface area contributed by atoms with Crippen LogP contribution in [-0.4, -0.2) is 87.5 Å². The summed E-state index contributed by atoms with van der Waals surface area (Å²) in [5.41, 5.74) is 2.07. The smallest absolute Gasteiger partial charge is 0.412 e. The van der Waals surface area contributed by atoms with E-state index < -0.39 is 46.6 Å². The second-order valence-electron chi connectivity index (χ2n) is 13.7. The lowest BCUT2D eigenvalue weighted by Crippen LogP contribution is -2.58. The molecule has 1 aliphatic rings. The van der Waals surface area contributed by atoms with E-state index in [9.17, 15) is 14.4 Å². The summed E-state index contributed by atoms with van der Waals surface area (Å²) < 4.78 is 51.7. The largest absolute Gasteiger partial charge is 0.748 e. The Bertz CT molecular complexity index is 1180. The number of hydrogen-bond donors (Lipinski definition) is 1. The predicted molar refractivity (Wildman–Crippen MR) is 205 cm³/mol. The lowest BCUT2D eigenvalue weighted by atomic mass is 10.0. The Hall–Kier alpha value is -2.49. The quantitative estimate of drug-likeness (QED) is 0.0305. The van der Waals surface area contributed by atoms with E-state index in [0.717, 1.165) is 32.2 Å². The number of methoxy groups -OCH3 is 1. The highest BCUT2D eigenvalue weighted by Crippen LogP contribution is 2.26. The first-order chi connectivity index (χ1) is 25.5. The maximum absolute atomic E-state index is 13.2. The maximum Gasteiger partial charge on any atom is 0.412 e. The van der Waals surface area contributed by atoms with Crippen LogP contribution in [0.3, 0.4) is 0 Å². The fourth-order valence-electron chi connectivity index (χ4n) is 6.30. The number of carbonyl (C=O) groups excluding carboxylic acids is 3. The third kappa shape index (κ3) is 25.3. The van der Waals surface area contributed by atoms with Crippen LogP contribution < -0.4 is 9.88 Å². The Balaban J connectivity index is 0.00000262. The molecule has 0 aliphatic carbocycles. The molecule has 1 aromatic rings. The third-order valence-electron chi connectivity index (χ3n) is 9.02. The van der Waals surface area contributed by atoms with Gasteiger partial charge < -0.3 is 28.8 Å². The molecule has 1 N–H and O–H groups in total. The van der Waals surface area contributed by atoms with Gasteiger partial charge in [-0.3, -0.25) is 4.90 Å². The normalized spacial score (nSPS) is 16.2. The van der Waals surface area contributed by atoms with Crippen LogP contribution in [0, 0.1) is 0 Å². The molecule has 0 radical (unpaired) electrons. The van der Waals surface area contributed by atoms with Crippen molar-refractivity contribution >= 4 is 39.6 Å². The van der Waals surface area contributed by atoms with Crippen molar-refractivity contribution in [1.29, 1.82) is 0 Å². The highest BCUT2D eigenvalue weighted by molar-refractivity contribution is 7.84. The number of hydrogen-bond acceptors (Lipinski definition) is 11. The zero-order valence-corrected chi connectivity index (χ0v) is 34.6. The number of alkyl carbamates (subject to hydrolysis) is 1. The van der Waals surface area contributed by atoms with Gasteiger partial charge in [-0.1, -0.05) is 115 Å². The maximum atomic E-state index is 13.2. The van der Waals surface area contributed by atoms with Crippen LogP contribution in [0.2, 0.25) is 0 Å². The average molecular weight is 792 g/mol. The summed E-state index contributed by atoms with van der Waals surface area (Å²) in [4.78, 5) is 40.4. The SMILES string of the molecule is CCCCCCCCCCCCCCCCCNC(=O)O[C@@H]1CCCO[C@H]1N(C(=O)OC)C(CCCCC[n+]1ccsc1)C(=O)OCC.CS(=O)(=O)[O-]. The molecule has 2 heterocycles. The van der Waals surface area contributed by atoms with E-state index in [1.54, 1.807) is 18.3 Å². The highest BCUT2D eigenvalue weighted by Gasteiger charge is 2.43. The summed E-state index contributed by atoms with van der Waals surface area (Å²) in [7, 11) is -2.64. The monoisotopic (exact) mass is 791 g/mol. The molecule has 15 heteroatoms. The lowest BCUT2D eigenvalue weighted by molar-refractivity contribution is -0.692. The van der Waals surface area contributed by atoms with Gasteiger partial charge in [0.1, 0.15) is 18.7 Å². The first-order valence-corrected chi connectivity index (χ1v) is 22.7. The molecule has 0 spiro atoms. The van der Waals surface area contributed by atoms with E-state index in [-0.39, 0.29) is 6.61 Å². The van der Waals surface area contributed by atoms with Crippen LogP contribution in [0.15, 0.2) is 17.1 Å². The first kappa shape index (κ1) is 48.5. The Morgan fingerprint density at radius 1 is 0.925 bits per heavy atom. The van der Waals surface area contributed by atoms with Crippen LogP contribution >= 0.6 is 11.3 Å². The summed E-state index contributed by atoms with van der Waals surface area (Å²) in [6.45, 7) is 6.00. The van der Waals surface area contributed by atoms with Gasteiger partial charge in [0.05, 0.1) is 29.2 Å². The number of ether oxygens (including phenoxy) is 4. The molecular weight excluding hydrogens is 723 g/mol. The number of amides is 2. The molecule has 53 heavy (non-hydrogen) atoms. The molecule has 13 nitrogen and oxygen atoms in total. The van der Waals surface area contributed by atoms with Crippen molar-refractivity contribution in [2.75, 3.05) is 33.1 Å². The van der Waals surface area contributed by atoms with Crippen molar-refractivity contribution in [3.05, 3.63) is 17.1 Å². The lowest BCUT2D eigenvalue weighted by Gasteiger charge is -2.41. The molecule has 1 unspecified atom stereocenters. The van der Waals surface area contributed by atoms with Crippen LogP contribution in [-0.2, 0) is 40.4 Å². The molecule has 1 fully saturated rings. The van der Waals surface area contributed by atoms with Crippen molar-refractivity contribution in [1.82, 2.24) is 10.2 Å². The number of esters is 1. The van der Waals surface area contributed by atoms with Gasteiger partial charge in [-0.05, 0) is 39.0 Å². The summed E-state index contributed by atoms with van der Waals surface area (Å²) in [6.07, 6.45) is 23.2. The molecule has 1 aromatic heterocycles. The number of aryl methyl sites for hydroxylation is 1. The number of carbonyl (C=O) groups is 3. The molecular formula is C38H69N3O10S2. The van der Waals surface area contributed by atoms with Crippen molar-refractivity contribution in [3.8, 4) is 0 Å². The summed E-state index contributed by atoms with van der Waals surface area (Å²) in [5.74, 6) is -0.513. The minimum atomic E-state index is -3.92. The fraction of sp³-hybridized carbons (Fsp3) is 0.842. The molecule has 0 saturated carbocycles. The molecule has 1 aliphatic heterocycles. The van der Waals surface area contributed by atoms with Gasteiger partial charge in [0, 0.05) is 25.8 Å². The Kier molecular flexibility index (Phi) is 28.2. The van der Waals surface area contributed by atoms with Gasteiger partial charge >= 0.3 is 18.2 Å². The van der Waals surface area contributed by atoms with Gasteiger partial charge in [0.2, 0.25) is 5.51 Å².